The molecule has 0 aliphatic rings. The number of methoxy groups -OCH3 is 1. The molecule has 106 valence electrons. The number of hydrogen-bond donors (Lipinski definition) is 1. The molecule has 0 radical (unpaired) electrons. The Labute approximate surface area is 115 Å². The van der Waals surface area contributed by atoms with Gasteiger partial charge in [0.25, 0.3) is 0 Å². The lowest BCUT2D eigenvalue weighted by Crippen LogP contribution is -2.16. The second kappa shape index (κ2) is 10.5. The van der Waals surface area contributed by atoms with Crippen LogP contribution in [0.1, 0.15) is 24.8 Å². The maximum Gasteiger partial charge on any atom is 0.305 e. The highest BCUT2D eigenvalue weighted by Crippen LogP contribution is 1.97. The van der Waals surface area contributed by atoms with Gasteiger partial charge in [0.2, 0.25) is 0 Å². The summed E-state index contributed by atoms with van der Waals surface area (Å²) in [5.41, 5.74) is 1.29. The summed E-state index contributed by atoms with van der Waals surface area (Å²) in [5, 5.41) is 3.37. The topological polar surface area (TPSA) is 47.6 Å². The number of ether oxygens (including phenoxy) is 2. The molecule has 1 aromatic rings. The Hall–Kier alpha value is -1.39. The molecule has 1 aromatic carbocycles. The minimum atomic E-state index is -0.173. The number of benzene rings is 1. The predicted molar refractivity (Wildman–Crippen MR) is 74.8 cm³/mol. The van der Waals surface area contributed by atoms with E-state index in [2.05, 4.69) is 22.2 Å². The molecule has 0 saturated carbocycles. The molecule has 0 atom stereocenters. The van der Waals surface area contributed by atoms with E-state index in [1.54, 1.807) is 0 Å². The van der Waals surface area contributed by atoms with E-state index in [0.29, 0.717) is 13.0 Å². The Kier molecular flexibility index (Phi) is 8.68. The zero-order valence-corrected chi connectivity index (χ0v) is 11.6. The summed E-state index contributed by atoms with van der Waals surface area (Å²) in [4.78, 5) is 10.8. The minimum absolute atomic E-state index is 0.173. The van der Waals surface area contributed by atoms with Crippen molar-refractivity contribution in [2.45, 2.75) is 25.8 Å². The number of carbonyl (C=O) groups excluding carboxylic acids is 1. The molecule has 0 fully saturated rings. The molecule has 4 heteroatoms. The van der Waals surface area contributed by atoms with Crippen molar-refractivity contribution in [3.8, 4) is 0 Å². The Morgan fingerprint density at radius 1 is 1.16 bits per heavy atom. The molecule has 4 nitrogen and oxygen atoms in total. The average Bonchev–Trinajstić information content (AvgIpc) is 2.46. The predicted octanol–water partition coefficient (Wildman–Crippen LogP) is 2.14. The Morgan fingerprint density at radius 2 is 1.89 bits per heavy atom. The van der Waals surface area contributed by atoms with Crippen LogP contribution < -0.4 is 5.32 Å². The number of rotatable bonds is 10. The molecular weight excluding hydrogens is 242 g/mol. The highest BCUT2D eigenvalue weighted by molar-refractivity contribution is 5.68. The van der Waals surface area contributed by atoms with Crippen molar-refractivity contribution in [3.05, 3.63) is 35.9 Å². The monoisotopic (exact) mass is 265 g/mol. The van der Waals surface area contributed by atoms with E-state index in [0.717, 1.165) is 32.5 Å². The molecule has 0 aromatic heterocycles. The number of carbonyl (C=O) groups is 1. The zero-order chi connectivity index (χ0) is 13.8. The lowest BCUT2D eigenvalue weighted by Gasteiger charge is -2.06. The van der Waals surface area contributed by atoms with Crippen LogP contribution in [0.2, 0.25) is 0 Å². The van der Waals surface area contributed by atoms with Crippen LogP contribution in [0.4, 0.5) is 0 Å². The van der Waals surface area contributed by atoms with Crippen molar-refractivity contribution in [3.63, 3.8) is 0 Å². The van der Waals surface area contributed by atoms with E-state index in [9.17, 15) is 4.79 Å². The zero-order valence-electron chi connectivity index (χ0n) is 11.6. The van der Waals surface area contributed by atoms with Gasteiger partial charge < -0.3 is 14.8 Å². The van der Waals surface area contributed by atoms with Crippen molar-refractivity contribution in [1.82, 2.24) is 5.32 Å². The summed E-state index contributed by atoms with van der Waals surface area (Å²) in [7, 11) is 1.40. The standard InChI is InChI=1S/C15H23NO3/c1-18-15(17)9-5-11-19-12-6-10-16-13-14-7-3-2-4-8-14/h2-4,7-8,16H,5-6,9-13H2,1H3. The molecule has 0 bridgehead atoms. The highest BCUT2D eigenvalue weighted by atomic mass is 16.5. The Morgan fingerprint density at radius 3 is 2.63 bits per heavy atom. The Balaban J connectivity index is 1.85. The second-order valence-electron chi connectivity index (χ2n) is 4.31. The van der Waals surface area contributed by atoms with Gasteiger partial charge in [-0.2, -0.15) is 0 Å². The minimum Gasteiger partial charge on any atom is -0.469 e. The first kappa shape index (κ1) is 15.7. The second-order valence-corrected chi connectivity index (χ2v) is 4.31. The fourth-order valence-corrected chi connectivity index (χ4v) is 1.65. The van der Waals surface area contributed by atoms with Crippen LogP contribution in [-0.4, -0.2) is 32.8 Å². The van der Waals surface area contributed by atoms with E-state index in [-0.39, 0.29) is 5.97 Å². The van der Waals surface area contributed by atoms with E-state index < -0.39 is 0 Å². The number of esters is 1. The number of hydrogen-bond acceptors (Lipinski definition) is 4. The summed E-state index contributed by atoms with van der Waals surface area (Å²) in [6.07, 6.45) is 2.14. The first-order chi connectivity index (χ1) is 9.33. The van der Waals surface area contributed by atoms with Crippen LogP contribution >= 0.6 is 0 Å². The fraction of sp³-hybridized carbons (Fsp3) is 0.533. The lowest BCUT2D eigenvalue weighted by molar-refractivity contribution is -0.141. The summed E-state index contributed by atoms with van der Waals surface area (Å²) >= 11 is 0. The SMILES string of the molecule is COC(=O)CCCOCCCNCc1ccccc1. The Bertz CT molecular complexity index is 341. The smallest absolute Gasteiger partial charge is 0.305 e. The third-order valence-corrected chi connectivity index (χ3v) is 2.71. The fourth-order valence-electron chi connectivity index (χ4n) is 1.65. The van der Waals surface area contributed by atoms with Crippen molar-refractivity contribution in [1.29, 1.82) is 0 Å². The van der Waals surface area contributed by atoms with E-state index >= 15 is 0 Å². The maximum absolute atomic E-state index is 10.8. The van der Waals surface area contributed by atoms with Crippen LogP contribution in [0.25, 0.3) is 0 Å². The normalized spacial score (nSPS) is 10.4. The van der Waals surface area contributed by atoms with E-state index in [1.165, 1.54) is 12.7 Å². The van der Waals surface area contributed by atoms with Gasteiger partial charge in [-0.25, -0.2) is 0 Å². The molecule has 0 amide bonds. The van der Waals surface area contributed by atoms with Crippen LogP contribution in [0.3, 0.4) is 0 Å². The summed E-state index contributed by atoms with van der Waals surface area (Å²) < 4.78 is 9.98. The largest absolute Gasteiger partial charge is 0.469 e. The van der Waals surface area contributed by atoms with Gasteiger partial charge in [0, 0.05) is 26.2 Å². The van der Waals surface area contributed by atoms with Gasteiger partial charge in [-0.15, -0.1) is 0 Å². The molecule has 1 N–H and O–H groups in total. The molecule has 0 aliphatic heterocycles. The van der Waals surface area contributed by atoms with Crippen molar-refractivity contribution in [2.24, 2.45) is 0 Å². The van der Waals surface area contributed by atoms with E-state index in [1.807, 2.05) is 18.2 Å². The van der Waals surface area contributed by atoms with Gasteiger partial charge in [0.05, 0.1) is 7.11 Å². The highest BCUT2D eigenvalue weighted by Gasteiger charge is 1.98. The summed E-state index contributed by atoms with van der Waals surface area (Å²) in [6, 6.07) is 10.3. The molecule has 1 rings (SSSR count). The van der Waals surface area contributed by atoms with Gasteiger partial charge in [-0.05, 0) is 24.9 Å². The van der Waals surface area contributed by atoms with Gasteiger partial charge >= 0.3 is 5.97 Å². The van der Waals surface area contributed by atoms with Gasteiger partial charge in [0.15, 0.2) is 0 Å². The molecule has 0 unspecified atom stereocenters. The van der Waals surface area contributed by atoms with Gasteiger partial charge in [-0.3, -0.25) is 4.79 Å². The number of nitrogens with one attached hydrogen (secondary N) is 1. The van der Waals surface area contributed by atoms with Crippen LogP contribution in [0.5, 0.6) is 0 Å². The average molecular weight is 265 g/mol. The molecule has 0 saturated heterocycles. The quantitative estimate of drug-likeness (QED) is 0.520. The first-order valence-electron chi connectivity index (χ1n) is 6.72. The summed E-state index contributed by atoms with van der Waals surface area (Å²) in [6.45, 7) is 3.17. The third kappa shape index (κ3) is 8.35. The van der Waals surface area contributed by atoms with Crippen LogP contribution in [-0.2, 0) is 20.8 Å². The molecule has 0 heterocycles. The lowest BCUT2D eigenvalue weighted by atomic mass is 10.2. The van der Waals surface area contributed by atoms with Crippen molar-refractivity contribution in [2.75, 3.05) is 26.9 Å². The molecular formula is C15H23NO3. The summed E-state index contributed by atoms with van der Waals surface area (Å²) in [5.74, 6) is -0.173. The van der Waals surface area contributed by atoms with Gasteiger partial charge in [0.1, 0.15) is 0 Å². The third-order valence-electron chi connectivity index (χ3n) is 2.71. The molecule has 19 heavy (non-hydrogen) atoms. The molecule has 0 aliphatic carbocycles. The van der Waals surface area contributed by atoms with Crippen LogP contribution in [0.15, 0.2) is 30.3 Å². The van der Waals surface area contributed by atoms with Gasteiger partial charge in [-0.1, -0.05) is 30.3 Å². The first-order valence-corrected chi connectivity index (χ1v) is 6.72. The van der Waals surface area contributed by atoms with Crippen LogP contribution in [0, 0.1) is 0 Å². The van der Waals surface area contributed by atoms with E-state index in [4.69, 9.17) is 4.74 Å². The van der Waals surface area contributed by atoms with Crippen molar-refractivity contribution >= 4 is 5.97 Å². The van der Waals surface area contributed by atoms with Crippen molar-refractivity contribution < 1.29 is 14.3 Å². The maximum atomic E-state index is 10.8. The molecule has 0 spiro atoms.